The van der Waals surface area contributed by atoms with Crippen molar-refractivity contribution in [3.63, 3.8) is 0 Å². The van der Waals surface area contributed by atoms with Crippen molar-refractivity contribution in [3.8, 4) is 16.9 Å². The molecule has 0 aliphatic carbocycles. The monoisotopic (exact) mass is 358 g/mol. The zero-order valence-corrected chi connectivity index (χ0v) is 15.0. The molecule has 4 heteroatoms. The van der Waals surface area contributed by atoms with Gasteiger partial charge in [0.15, 0.2) is 11.6 Å². The second-order valence-corrected chi connectivity index (χ2v) is 6.59. The smallest absolute Gasteiger partial charge is 0.201 e. The van der Waals surface area contributed by atoms with Crippen LogP contribution in [0.15, 0.2) is 49.1 Å². The van der Waals surface area contributed by atoms with Gasteiger partial charge >= 0.3 is 0 Å². The Morgan fingerprint density at radius 1 is 1.12 bits per heavy atom. The molecule has 2 unspecified atom stereocenters. The van der Waals surface area contributed by atoms with E-state index in [-0.39, 0.29) is 17.4 Å². The summed E-state index contributed by atoms with van der Waals surface area (Å²) in [6.45, 7) is 6.70. The summed E-state index contributed by atoms with van der Waals surface area (Å²) in [5.41, 5.74) is 2.04. The number of hydrogen-bond donors (Lipinski definition) is 0. The van der Waals surface area contributed by atoms with E-state index in [0.29, 0.717) is 24.7 Å². The third-order valence-corrected chi connectivity index (χ3v) is 4.78. The fraction of sp³-hybridized carbons (Fsp3) is 0.364. The first-order valence-corrected chi connectivity index (χ1v) is 9.09. The summed E-state index contributed by atoms with van der Waals surface area (Å²) < 4.78 is 39.6. The van der Waals surface area contributed by atoms with Gasteiger partial charge in [-0.25, -0.2) is 4.39 Å². The predicted molar refractivity (Wildman–Crippen MR) is 99.5 cm³/mol. The minimum absolute atomic E-state index is 0.0409. The van der Waals surface area contributed by atoms with Crippen LogP contribution in [0, 0.1) is 11.6 Å². The zero-order chi connectivity index (χ0) is 18.5. The van der Waals surface area contributed by atoms with Crippen LogP contribution in [0.1, 0.15) is 37.7 Å². The van der Waals surface area contributed by atoms with Crippen LogP contribution in [0.4, 0.5) is 8.78 Å². The number of benzene rings is 2. The molecule has 2 atom stereocenters. The highest BCUT2D eigenvalue weighted by Crippen LogP contribution is 2.33. The fourth-order valence-corrected chi connectivity index (χ4v) is 3.23. The summed E-state index contributed by atoms with van der Waals surface area (Å²) in [5.74, 6) is -1.52. The van der Waals surface area contributed by atoms with Crippen molar-refractivity contribution in [2.45, 2.75) is 38.2 Å². The van der Waals surface area contributed by atoms with Crippen molar-refractivity contribution < 1.29 is 18.3 Å². The van der Waals surface area contributed by atoms with Gasteiger partial charge in [-0.3, -0.25) is 0 Å². The average Bonchev–Trinajstić information content (AvgIpc) is 2.69. The molecule has 0 radical (unpaired) electrons. The number of rotatable bonds is 6. The van der Waals surface area contributed by atoms with Gasteiger partial charge in [0.25, 0.3) is 0 Å². The van der Waals surface area contributed by atoms with Crippen LogP contribution in [0.2, 0.25) is 0 Å². The topological polar surface area (TPSA) is 18.5 Å². The van der Waals surface area contributed by atoms with Crippen molar-refractivity contribution in [1.82, 2.24) is 0 Å². The molecule has 1 aliphatic rings. The molecule has 2 aromatic carbocycles. The molecule has 1 saturated heterocycles. The lowest BCUT2D eigenvalue weighted by Gasteiger charge is -2.27. The number of ether oxygens (including phenoxy) is 2. The molecule has 0 saturated carbocycles. The second kappa shape index (κ2) is 8.45. The van der Waals surface area contributed by atoms with E-state index in [1.807, 2.05) is 37.3 Å². The van der Waals surface area contributed by atoms with Gasteiger partial charge in [0.2, 0.25) is 5.82 Å². The van der Waals surface area contributed by atoms with Gasteiger partial charge in [-0.1, -0.05) is 37.3 Å². The molecular formula is C22H24F2O2. The highest BCUT2D eigenvalue weighted by atomic mass is 19.2. The Kier molecular flexibility index (Phi) is 6.04. The van der Waals surface area contributed by atoms with Crippen LogP contribution < -0.4 is 4.74 Å². The standard InChI is InChI=1S/C22H24F2O2/c1-3-13-25-20-12-11-19(21(23)22(20)24)16-7-5-15(6-8-16)17-9-10-18(4-2)26-14-17/h4-8,11-12,17-18H,2-3,9-10,13-14H2,1H3. The first kappa shape index (κ1) is 18.6. The molecule has 26 heavy (non-hydrogen) atoms. The Hall–Kier alpha value is -2.20. The second-order valence-electron chi connectivity index (χ2n) is 6.59. The van der Waals surface area contributed by atoms with Crippen LogP contribution in [0.25, 0.3) is 11.1 Å². The Labute approximate surface area is 153 Å². The summed E-state index contributed by atoms with van der Waals surface area (Å²) >= 11 is 0. The van der Waals surface area contributed by atoms with E-state index in [1.165, 1.54) is 6.07 Å². The minimum Gasteiger partial charge on any atom is -0.490 e. The maximum absolute atomic E-state index is 14.4. The highest BCUT2D eigenvalue weighted by molar-refractivity contribution is 5.65. The SMILES string of the molecule is C=CC1CCC(c2ccc(-c3ccc(OCCC)c(F)c3F)cc2)CO1. The van der Waals surface area contributed by atoms with E-state index in [4.69, 9.17) is 9.47 Å². The molecule has 138 valence electrons. The molecule has 0 aromatic heterocycles. The van der Waals surface area contributed by atoms with Crippen LogP contribution in [-0.2, 0) is 4.74 Å². The van der Waals surface area contributed by atoms with Gasteiger partial charge < -0.3 is 9.47 Å². The van der Waals surface area contributed by atoms with E-state index in [1.54, 1.807) is 6.07 Å². The van der Waals surface area contributed by atoms with Crippen LogP contribution in [0.3, 0.4) is 0 Å². The van der Waals surface area contributed by atoms with Gasteiger partial charge in [0.1, 0.15) is 0 Å². The first-order valence-electron chi connectivity index (χ1n) is 9.09. The maximum Gasteiger partial charge on any atom is 0.201 e. The van der Waals surface area contributed by atoms with Crippen molar-refractivity contribution in [2.24, 2.45) is 0 Å². The largest absolute Gasteiger partial charge is 0.490 e. The molecule has 0 amide bonds. The highest BCUT2D eigenvalue weighted by Gasteiger charge is 2.21. The van der Waals surface area contributed by atoms with Gasteiger partial charge in [0, 0.05) is 11.5 Å². The number of halogens is 2. The minimum atomic E-state index is -0.934. The molecule has 2 aromatic rings. The Morgan fingerprint density at radius 3 is 2.50 bits per heavy atom. The molecule has 3 rings (SSSR count). The Bertz CT molecular complexity index is 747. The van der Waals surface area contributed by atoms with E-state index >= 15 is 0 Å². The lowest BCUT2D eigenvalue weighted by molar-refractivity contribution is 0.0329. The average molecular weight is 358 g/mol. The molecule has 1 heterocycles. The van der Waals surface area contributed by atoms with Crippen LogP contribution in [0.5, 0.6) is 5.75 Å². The van der Waals surface area contributed by atoms with E-state index < -0.39 is 11.6 Å². The van der Waals surface area contributed by atoms with Gasteiger partial charge in [-0.15, -0.1) is 6.58 Å². The lowest BCUT2D eigenvalue weighted by Crippen LogP contribution is -2.22. The third kappa shape index (κ3) is 3.96. The summed E-state index contributed by atoms with van der Waals surface area (Å²) in [7, 11) is 0. The fourth-order valence-electron chi connectivity index (χ4n) is 3.23. The van der Waals surface area contributed by atoms with Crippen molar-refractivity contribution >= 4 is 0 Å². The Morgan fingerprint density at radius 2 is 1.88 bits per heavy atom. The van der Waals surface area contributed by atoms with Crippen molar-refractivity contribution in [3.05, 3.63) is 66.3 Å². The summed E-state index contributed by atoms with van der Waals surface area (Å²) in [4.78, 5) is 0. The molecule has 2 nitrogen and oxygen atoms in total. The predicted octanol–water partition coefficient (Wildman–Crippen LogP) is 5.87. The molecule has 0 bridgehead atoms. The molecule has 1 fully saturated rings. The summed E-state index contributed by atoms with van der Waals surface area (Å²) in [6, 6.07) is 10.7. The summed E-state index contributed by atoms with van der Waals surface area (Å²) in [6.07, 6.45) is 4.70. The van der Waals surface area contributed by atoms with Crippen LogP contribution in [-0.4, -0.2) is 19.3 Å². The summed E-state index contributed by atoms with van der Waals surface area (Å²) in [5, 5.41) is 0. The molecule has 0 N–H and O–H groups in total. The van der Waals surface area contributed by atoms with E-state index in [0.717, 1.165) is 24.8 Å². The van der Waals surface area contributed by atoms with Crippen LogP contribution >= 0.6 is 0 Å². The lowest BCUT2D eigenvalue weighted by atomic mass is 9.90. The molecular weight excluding hydrogens is 334 g/mol. The third-order valence-electron chi connectivity index (χ3n) is 4.78. The molecule has 0 spiro atoms. The van der Waals surface area contributed by atoms with Crippen molar-refractivity contribution in [1.29, 1.82) is 0 Å². The maximum atomic E-state index is 14.4. The van der Waals surface area contributed by atoms with Gasteiger partial charge in [-0.05, 0) is 42.5 Å². The zero-order valence-electron chi connectivity index (χ0n) is 15.0. The van der Waals surface area contributed by atoms with E-state index in [9.17, 15) is 8.78 Å². The normalized spacial score (nSPS) is 20.0. The van der Waals surface area contributed by atoms with Gasteiger partial charge in [-0.2, -0.15) is 4.39 Å². The van der Waals surface area contributed by atoms with E-state index in [2.05, 4.69) is 6.58 Å². The van der Waals surface area contributed by atoms with Crippen molar-refractivity contribution in [2.75, 3.05) is 13.2 Å². The number of hydrogen-bond acceptors (Lipinski definition) is 2. The quantitative estimate of drug-likeness (QED) is 0.601. The Balaban J connectivity index is 1.76. The first-order chi connectivity index (χ1) is 12.6. The molecule has 1 aliphatic heterocycles. The van der Waals surface area contributed by atoms with Gasteiger partial charge in [0.05, 0.1) is 19.3 Å².